The minimum Gasteiger partial charge on any atom is -0.362 e. The van der Waals surface area contributed by atoms with Crippen LogP contribution in [0.25, 0.3) is 0 Å². The third-order valence-corrected chi connectivity index (χ3v) is 5.87. The molecule has 1 aromatic heterocycles. The van der Waals surface area contributed by atoms with Crippen LogP contribution in [0.5, 0.6) is 0 Å². The molecule has 0 radical (unpaired) electrons. The predicted octanol–water partition coefficient (Wildman–Crippen LogP) is 2.94. The molecule has 1 amide bonds. The molecule has 2 aliphatic rings. The van der Waals surface area contributed by atoms with Crippen LogP contribution in [0.2, 0.25) is 0 Å². The van der Waals surface area contributed by atoms with Crippen molar-refractivity contribution in [2.24, 2.45) is 0 Å². The van der Waals surface area contributed by atoms with Crippen molar-refractivity contribution >= 4 is 11.7 Å². The Balaban J connectivity index is 1.64. The number of benzene rings is 1. The van der Waals surface area contributed by atoms with Crippen LogP contribution in [0.3, 0.4) is 0 Å². The second-order valence-corrected chi connectivity index (χ2v) is 8.48. The van der Waals surface area contributed by atoms with Crippen LogP contribution in [0.15, 0.2) is 42.6 Å². The smallest absolute Gasteiger partial charge is 0.257 e. The largest absolute Gasteiger partial charge is 0.362 e. The van der Waals surface area contributed by atoms with Crippen LogP contribution in [0.1, 0.15) is 41.4 Å². The van der Waals surface area contributed by atoms with Gasteiger partial charge in [0.05, 0.1) is 11.6 Å². The van der Waals surface area contributed by atoms with Gasteiger partial charge >= 0.3 is 0 Å². The average Bonchev–Trinajstić information content (AvgIpc) is 2.67. The number of pyridine rings is 1. The third-order valence-electron chi connectivity index (χ3n) is 5.87. The summed E-state index contributed by atoms with van der Waals surface area (Å²) >= 11 is 0. The molecule has 4 rings (SSSR count). The summed E-state index contributed by atoms with van der Waals surface area (Å²) in [6.07, 6.45) is 1.74. The molecule has 0 bridgehead atoms. The molecule has 5 nitrogen and oxygen atoms in total. The lowest BCUT2D eigenvalue weighted by Crippen LogP contribution is -2.56. The lowest BCUT2D eigenvalue weighted by molar-refractivity contribution is 0.0360. The Kier molecular flexibility index (Phi) is 4.42. The number of aromatic nitrogens is 1. The number of rotatable bonds is 2. The van der Waals surface area contributed by atoms with Gasteiger partial charge in [0, 0.05) is 51.9 Å². The van der Waals surface area contributed by atoms with Crippen molar-refractivity contribution in [1.29, 1.82) is 0 Å². The first-order valence-corrected chi connectivity index (χ1v) is 9.63. The first kappa shape index (κ1) is 18.0. The maximum absolute atomic E-state index is 13.3. The second-order valence-electron chi connectivity index (χ2n) is 8.48. The molecule has 1 atom stereocenters. The molecule has 1 fully saturated rings. The molecule has 5 heteroatoms. The molecule has 3 heterocycles. The topological polar surface area (TPSA) is 39.7 Å². The van der Waals surface area contributed by atoms with Gasteiger partial charge in [0.25, 0.3) is 5.91 Å². The highest BCUT2D eigenvalue weighted by molar-refractivity contribution is 5.99. The summed E-state index contributed by atoms with van der Waals surface area (Å²) < 4.78 is 0. The lowest BCUT2D eigenvalue weighted by Gasteiger charge is -2.50. The number of amides is 1. The van der Waals surface area contributed by atoms with Gasteiger partial charge in [0.15, 0.2) is 0 Å². The van der Waals surface area contributed by atoms with Crippen molar-refractivity contribution in [3.8, 4) is 0 Å². The van der Waals surface area contributed by atoms with E-state index in [1.165, 1.54) is 11.1 Å². The van der Waals surface area contributed by atoms with Gasteiger partial charge in [-0.1, -0.05) is 38.1 Å². The van der Waals surface area contributed by atoms with E-state index in [0.29, 0.717) is 5.56 Å². The molecule has 2 aromatic rings. The fourth-order valence-electron chi connectivity index (χ4n) is 4.58. The Bertz CT molecular complexity index is 861. The maximum Gasteiger partial charge on any atom is 0.257 e. The standard InChI is InChI=1S/C22H28N4O/c1-22(2)15-26-13-12-25(14-19(26)16-8-5-6-10-18(16)22)21(27)17-9-7-11-23-20(17)24(3)4/h5-11,19H,12-15H2,1-4H3. The van der Waals surface area contributed by atoms with Crippen LogP contribution in [0, 0.1) is 0 Å². The van der Waals surface area contributed by atoms with Gasteiger partial charge in [-0.2, -0.15) is 0 Å². The lowest BCUT2D eigenvalue weighted by atomic mass is 9.75. The average molecular weight is 364 g/mol. The molecule has 1 aromatic carbocycles. The third kappa shape index (κ3) is 3.10. The van der Waals surface area contributed by atoms with Gasteiger partial charge in [-0.05, 0) is 23.3 Å². The Labute approximate surface area is 161 Å². The molecule has 0 N–H and O–H groups in total. The SMILES string of the molecule is CN(C)c1ncccc1C(=O)N1CCN2CC(C)(C)c3ccccc3C2C1. The zero-order chi connectivity index (χ0) is 19.2. The fraction of sp³-hybridized carbons (Fsp3) is 0.455. The van der Waals surface area contributed by atoms with E-state index in [9.17, 15) is 4.79 Å². The molecule has 1 saturated heterocycles. The first-order valence-electron chi connectivity index (χ1n) is 9.63. The molecule has 0 spiro atoms. The van der Waals surface area contributed by atoms with E-state index in [0.717, 1.165) is 32.0 Å². The van der Waals surface area contributed by atoms with Crippen molar-refractivity contribution in [2.75, 3.05) is 45.2 Å². The van der Waals surface area contributed by atoms with Crippen molar-refractivity contribution < 1.29 is 4.79 Å². The molecular weight excluding hydrogens is 336 g/mol. The summed E-state index contributed by atoms with van der Waals surface area (Å²) in [4.78, 5) is 24.1. The first-order chi connectivity index (χ1) is 12.9. The maximum atomic E-state index is 13.3. The van der Waals surface area contributed by atoms with Crippen LogP contribution in [-0.2, 0) is 5.41 Å². The summed E-state index contributed by atoms with van der Waals surface area (Å²) in [6, 6.07) is 12.7. The van der Waals surface area contributed by atoms with Crippen LogP contribution < -0.4 is 4.90 Å². The molecule has 1 unspecified atom stereocenters. The van der Waals surface area contributed by atoms with E-state index in [2.05, 4.69) is 48.0 Å². The number of carbonyl (C=O) groups is 1. The van der Waals surface area contributed by atoms with Crippen molar-refractivity contribution in [2.45, 2.75) is 25.3 Å². The highest BCUT2D eigenvalue weighted by atomic mass is 16.2. The van der Waals surface area contributed by atoms with E-state index >= 15 is 0 Å². The van der Waals surface area contributed by atoms with Crippen LogP contribution >= 0.6 is 0 Å². The Morgan fingerprint density at radius 3 is 2.70 bits per heavy atom. The van der Waals surface area contributed by atoms with Gasteiger partial charge in [0.1, 0.15) is 5.82 Å². The van der Waals surface area contributed by atoms with Gasteiger partial charge in [-0.3, -0.25) is 9.69 Å². The number of hydrogen-bond donors (Lipinski definition) is 0. The van der Waals surface area contributed by atoms with Crippen LogP contribution in [0.4, 0.5) is 5.82 Å². The van der Waals surface area contributed by atoms with Gasteiger partial charge in [-0.25, -0.2) is 4.98 Å². The number of carbonyl (C=O) groups excluding carboxylic acids is 1. The van der Waals surface area contributed by atoms with E-state index in [1.807, 2.05) is 36.0 Å². The summed E-state index contributed by atoms with van der Waals surface area (Å²) in [5, 5.41) is 0. The Morgan fingerprint density at radius 1 is 1.15 bits per heavy atom. The molecular formula is C22H28N4O. The zero-order valence-electron chi connectivity index (χ0n) is 16.6. The van der Waals surface area contributed by atoms with E-state index in [4.69, 9.17) is 0 Å². The second kappa shape index (κ2) is 6.64. The highest BCUT2D eigenvalue weighted by Crippen LogP contribution is 2.41. The normalized spacial score (nSPS) is 21.3. The fourth-order valence-corrected chi connectivity index (χ4v) is 4.58. The van der Waals surface area contributed by atoms with Crippen molar-refractivity contribution in [3.05, 3.63) is 59.3 Å². The van der Waals surface area contributed by atoms with E-state index in [-0.39, 0.29) is 17.4 Å². The summed E-state index contributed by atoms with van der Waals surface area (Å²) in [5.74, 6) is 0.809. The number of anilines is 1. The van der Waals surface area contributed by atoms with Gasteiger partial charge in [0.2, 0.25) is 0 Å². The highest BCUT2D eigenvalue weighted by Gasteiger charge is 2.41. The quantitative estimate of drug-likeness (QED) is 0.821. The Hall–Kier alpha value is -2.40. The molecule has 0 aliphatic carbocycles. The van der Waals surface area contributed by atoms with E-state index < -0.39 is 0 Å². The molecule has 2 aliphatic heterocycles. The Morgan fingerprint density at radius 2 is 1.93 bits per heavy atom. The minimum absolute atomic E-state index is 0.0776. The van der Waals surface area contributed by atoms with Crippen LogP contribution in [-0.4, -0.2) is 61.0 Å². The van der Waals surface area contributed by atoms with Crippen molar-refractivity contribution in [1.82, 2.24) is 14.8 Å². The number of nitrogens with zero attached hydrogens (tertiary/aromatic N) is 4. The molecule has 0 saturated carbocycles. The number of piperazine rings is 1. The summed E-state index contributed by atoms with van der Waals surface area (Å²) in [5.41, 5.74) is 3.60. The van der Waals surface area contributed by atoms with Gasteiger partial charge < -0.3 is 9.80 Å². The predicted molar refractivity (Wildman–Crippen MR) is 108 cm³/mol. The number of hydrogen-bond acceptors (Lipinski definition) is 4. The van der Waals surface area contributed by atoms with E-state index in [1.54, 1.807) is 6.20 Å². The summed E-state index contributed by atoms with van der Waals surface area (Å²) in [6.45, 7) is 8.07. The van der Waals surface area contributed by atoms with Crippen molar-refractivity contribution in [3.63, 3.8) is 0 Å². The number of fused-ring (bicyclic) bond motifs is 3. The summed E-state index contributed by atoms with van der Waals surface area (Å²) in [7, 11) is 3.85. The van der Waals surface area contributed by atoms with Gasteiger partial charge in [-0.15, -0.1) is 0 Å². The minimum atomic E-state index is 0.0776. The molecule has 142 valence electrons. The molecule has 27 heavy (non-hydrogen) atoms. The monoisotopic (exact) mass is 364 g/mol. The zero-order valence-corrected chi connectivity index (χ0v) is 16.6.